The standard InChI is InChI=1S/C15H11Cl2N5O/c16-8-5-6-11-9(7-8)13(23)21-15(20-11)22-14(18)19-12-4-2-1-3-10(12)17/h1-7H,(H4,18,19,20,21,22,23). The van der Waals surface area contributed by atoms with Crippen molar-refractivity contribution in [2.45, 2.75) is 0 Å². The van der Waals surface area contributed by atoms with E-state index in [-0.39, 0.29) is 17.5 Å². The number of H-pyrrole nitrogens is 1. The van der Waals surface area contributed by atoms with Gasteiger partial charge in [0.15, 0.2) is 0 Å². The minimum Gasteiger partial charge on any atom is -0.369 e. The Hall–Kier alpha value is -2.57. The van der Waals surface area contributed by atoms with Crippen LogP contribution in [0.4, 0.5) is 11.6 Å². The van der Waals surface area contributed by atoms with Crippen molar-refractivity contribution in [3.63, 3.8) is 0 Å². The van der Waals surface area contributed by atoms with E-state index < -0.39 is 0 Å². The van der Waals surface area contributed by atoms with Crippen LogP contribution in [0.3, 0.4) is 0 Å². The molecule has 6 nitrogen and oxygen atoms in total. The van der Waals surface area contributed by atoms with E-state index >= 15 is 0 Å². The van der Waals surface area contributed by atoms with Crippen LogP contribution in [0.25, 0.3) is 10.9 Å². The van der Waals surface area contributed by atoms with E-state index in [9.17, 15) is 4.79 Å². The number of para-hydroxylation sites is 1. The van der Waals surface area contributed by atoms with Crippen molar-refractivity contribution in [1.82, 2.24) is 9.97 Å². The largest absolute Gasteiger partial charge is 0.369 e. The Morgan fingerprint density at radius 3 is 2.78 bits per heavy atom. The number of nitrogens with two attached hydrogens (primary N) is 1. The van der Waals surface area contributed by atoms with Gasteiger partial charge in [0.25, 0.3) is 5.56 Å². The Labute approximate surface area is 141 Å². The van der Waals surface area contributed by atoms with E-state index in [2.05, 4.69) is 20.3 Å². The number of fused-ring (bicyclic) bond motifs is 1. The van der Waals surface area contributed by atoms with Gasteiger partial charge in [-0.3, -0.25) is 9.78 Å². The molecule has 4 N–H and O–H groups in total. The van der Waals surface area contributed by atoms with Gasteiger partial charge in [0, 0.05) is 5.02 Å². The van der Waals surface area contributed by atoms with Crippen LogP contribution in [-0.4, -0.2) is 15.9 Å². The van der Waals surface area contributed by atoms with Gasteiger partial charge in [-0.15, -0.1) is 0 Å². The number of aliphatic imine (C=N–C) groups is 1. The molecule has 3 aromatic rings. The third kappa shape index (κ3) is 3.44. The minimum absolute atomic E-state index is 0.0505. The average molecular weight is 348 g/mol. The number of aromatic amines is 1. The molecule has 116 valence electrons. The normalized spacial score (nSPS) is 11.7. The summed E-state index contributed by atoms with van der Waals surface area (Å²) in [6.45, 7) is 0. The minimum atomic E-state index is -0.346. The Bertz CT molecular complexity index is 967. The molecule has 0 aliphatic heterocycles. The second-order valence-electron chi connectivity index (χ2n) is 4.65. The highest BCUT2D eigenvalue weighted by atomic mass is 35.5. The van der Waals surface area contributed by atoms with Crippen LogP contribution < -0.4 is 16.6 Å². The third-order valence-corrected chi connectivity index (χ3v) is 3.58. The number of hydrogen-bond acceptors (Lipinski definition) is 3. The molecule has 0 atom stereocenters. The van der Waals surface area contributed by atoms with Gasteiger partial charge in [-0.05, 0) is 30.3 Å². The van der Waals surface area contributed by atoms with Gasteiger partial charge in [-0.1, -0.05) is 35.3 Å². The molecule has 0 amide bonds. The molecule has 1 heterocycles. The first-order valence-electron chi connectivity index (χ1n) is 6.58. The molecule has 0 unspecified atom stereocenters. The summed E-state index contributed by atoms with van der Waals surface area (Å²) in [6.07, 6.45) is 0. The fraction of sp³-hybridized carbons (Fsp3) is 0. The lowest BCUT2D eigenvalue weighted by Gasteiger charge is -2.07. The SMILES string of the molecule is N/C(=N\c1nc2ccc(Cl)cc2c(=O)[nH]1)Nc1ccccc1Cl. The number of rotatable bonds is 2. The van der Waals surface area contributed by atoms with Crippen molar-refractivity contribution < 1.29 is 0 Å². The molecule has 2 aromatic carbocycles. The second kappa shape index (κ2) is 6.28. The van der Waals surface area contributed by atoms with Crippen LogP contribution in [0.15, 0.2) is 52.3 Å². The number of nitrogens with zero attached hydrogens (tertiary/aromatic N) is 2. The van der Waals surface area contributed by atoms with E-state index in [1.807, 2.05) is 0 Å². The van der Waals surface area contributed by atoms with Gasteiger partial charge >= 0.3 is 0 Å². The topological polar surface area (TPSA) is 96.2 Å². The summed E-state index contributed by atoms with van der Waals surface area (Å²) in [5.74, 6) is 0.136. The van der Waals surface area contributed by atoms with Gasteiger partial charge in [-0.25, -0.2) is 4.98 Å². The molecule has 0 spiro atoms. The van der Waals surface area contributed by atoms with Crippen molar-refractivity contribution >= 4 is 51.7 Å². The fourth-order valence-corrected chi connectivity index (χ4v) is 2.35. The maximum absolute atomic E-state index is 12.0. The number of guanidine groups is 1. The highest BCUT2D eigenvalue weighted by molar-refractivity contribution is 6.33. The van der Waals surface area contributed by atoms with E-state index in [4.69, 9.17) is 28.9 Å². The molecular formula is C15H11Cl2N5O. The smallest absolute Gasteiger partial charge is 0.260 e. The molecule has 0 bridgehead atoms. The summed E-state index contributed by atoms with van der Waals surface area (Å²) in [6, 6.07) is 11.9. The first-order chi connectivity index (χ1) is 11.0. The first kappa shape index (κ1) is 15.3. The van der Waals surface area contributed by atoms with E-state index in [0.29, 0.717) is 26.6 Å². The Kier molecular flexibility index (Phi) is 4.18. The fourth-order valence-electron chi connectivity index (χ4n) is 1.99. The predicted molar refractivity (Wildman–Crippen MR) is 93.7 cm³/mol. The van der Waals surface area contributed by atoms with Gasteiger partial charge in [0.2, 0.25) is 11.9 Å². The van der Waals surface area contributed by atoms with Crippen molar-refractivity contribution in [1.29, 1.82) is 0 Å². The van der Waals surface area contributed by atoms with Gasteiger partial charge in [-0.2, -0.15) is 4.99 Å². The zero-order chi connectivity index (χ0) is 16.4. The second-order valence-corrected chi connectivity index (χ2v) is 5.50. The monoisotopic (exact) mass is 347 g/mol. The van der Waals surface area contributed by atoms with Crippen LogP contribution in [0.5, 0.6) is 0 Å². The molecule has 8 heteroatoms. The number of nitrogens with one attached hydrogen (secondary N) is 2. The Morgan fingerprint density at radius 2 is 2.00 bits per heavy atom. The van der Waals surface area contributed by atoms with Crippen LogP contribution in [0.2, 0.25) is 10.0 Å². The lowest BCUT2D eigenvalue weighted by atomic mass is 10.2. The Balaban J connectivity index is 1.95. The summed E-state index contributed by atoms with van der Waals surface area (Å²) in [5.41, 5.74) is 6.55. The van der Waals surface area contributed by atoms with Gasteiger partial charge < -0.3 is 11.1 Å². The molecular weight excluding hydrogens is 337 g/mol. The average Bonchev–Trinajstić information content (AvgIpc) is 2.50. The molecule has 0 saturated carbocycles. The zero-order valence-corrected chi connectivity index (χ0v) is 13.2. The lowest BCUT2D eigenvalue weighted by molar-refractivity contribution is 1.13. The maximum atomic E-state index is 12.0. The van der Waals surface area contributed by atoms with E-state index in [1.54, 1.807) is 42.5 Å². The van der Waals surface area contributed by atoms with Crippen molar-refractivity contribution in [3.05, 3.63) is 62.9 Å². The molecule has 3 rings (SSSR count). The van der Waals surface area contributed by atoms with Crippen molar-refractivity contribution in [3.8, 4) is 0 Å². The zero-order valence-electron chi connectivity index (χ0n) is 11.7. The van der Waals surface area contributed by atoms with Crippen molar-refractivity contribution in [2.75, 3.05) is 5.32 Å². The maximum Gasteiger partial charge on any atom is 0.260 e. The van der Waals surface area contributed by atoms with Crippen molar-refractivity contribution in [2.24, 2.45) is 10.7 Å². The first-order valence-corrected chi connectivity index (χ1v) is 7.34. The highest BCUT2D eigenvalue weighted by Gasteiger charge is 2.05. The molecule has 23 heavy (non-hydrogen) atoms. The number of anilines is 1. The highest BCUT2D eigenvalue weighted by Crippen LogP contribution is 2.20. The van der Waals surface area contributed by atoms with Crippen LogP contribution in [0.1, 0.15) is 0 Å². The quantitative estimate of drug-likeness (QED) is 0.489. The number of halogens is 2. The van der Waals surface area contributed by atoms with Gasteiger partial charge in [0.1, 0.15) is 0 Å². The summed E-state index contributed by atoms with van der Waals surface area (Å²) >= 11 is 11.9. The van der Waals surface area contributed by atoms with Gasteiger partial charge in [0.05, 0.1) is 21.6 Å². The van der Waals surface area contributed by atoms with Crippen LogP contribution in [-0.2, 0) is 0 Å². The molecule has 0 radical (unpaired) electrons. The van der Waals surface area contributed by atoms with E-state index in [0.717, 1.165) is 0 Å². The predicted octanol–water partition coefficient (Wildman–Crippen LogP) is 3.29. The number of hydrogen-bond donors (Lipinski definition) is 3. The molecule has 0 saturated heterocycles. The summed E-state index contributed by atoms with van der Waals surface area (Å²) in [5, 5.41) is 4.19. The van der Waals surface area contributed by atoms with E-state index in [1.165, 1.54) is 0 Å². The molecule has 0 fully saturated rings. The Morgan fingerprint density at radius 1 is 1.22 bits per heavy atom. The molecule has 0 aliphatic carbocycles. The number of aromatic nitrogens is 2. The summed E-state index contributed by atoms with van der Waals surface area (Å²) in [7, 11) is 0. The lowest BCUT2D eigenvalue weighted by Crippen LogP contribution is -2.22. The summed E-state index contributed by atoms with van der Waals surface area (Å²) < 4.78 is 0. The molecule has 1 aromatic heterocycles. The summed E-state index contributed by atoms with van der Waals surface area (Å²) in [4.78, 5) is 22.9. The number of benzene rings is 2. The molecule has 0 aliphatic rings. The third-order valence-electron chi connectivity index (χ3n) is 3.02. The van der Waals surface area contributed by atoms with Crippen LogP contribution >= 0.6 is 23.2 Å². The van der Waals surface area contributed by atoms with Crippen LogP contribution in [0, 0.1) is 0 Å².